The Bertz CT molecular complexity index is 478. The molecule has 0 spiro atoms. The fourth-order valence-corrected chi connectivity index (χ4v) is 3.44. The zero-order valence-corrected chi connectivity index (χ0v) is 11.5. The normalized spacial score (nSPS) is 11.5. The third-order valence-electron chi connectivity index (χ3n) is 2.29. The second kappa shape index (κ2) is 6.09. The summed E-state index contributed by atoms with van der Waals surface area (Å²) in [5.74, 6) is 0. The maximum Gasteiger partial charge on any atom is 0.368 e. The number of benzene rings is 1. The Labute approximate surface area is 106 Å². The number of nitro groups is 1. The quantitative estimate of drug-likeness (QED) is 0.452. The molecule has 0 fully saturated rings. The van der Waals surface area contributed by atoms with Crippen LogP contribution in [0.25, 0.3) is 0 Å². The van der Waals surface area contributed by atoms with Gasteiger partial charge in [0.05, 0.1) is 18.1 Å². The van der Waals surface area contributed by atoms with Gasteiger partial charge < -0.3 is 9.05 Å². The van der Waals surface area contributed by atoms with Gasteiger partial charge in [0.15, 0.2) is 0 Å². The fraction of sp³-hybridized carbons (Fsp3) is 0.455. The molecule has 0 amide bonds. The van der Waals surface area contributed by atoms with E-state index in [9.17, 15) is 14.7 Å². The number of nitro benzene ring substituents is 1. The molecule has 7 heteroatoms. The van der Waals surface area contributed by atoms with Gasteiger partial charge in [0.1, 0.15) is 5.30 Å². The van der Waals surface area contributed by atoms with Gasteiger partial charge in [-0.05, 0) is 26.8 Å². The fourth-order valence-electron chi connectivity index (χ4n) is 1.62. The van der Waals surface area contributed by atoms with E-state index in [0.29, 0.717) is 5.56 Å². The molecule has 1 rings (SSSR count). The number of hydrogen-bond acceptors (Lipinski definition) is 5. The minimum absolute atomic E-state index is 0.0104. The predicted molar refractivity (Wildman–Crippen MR) is 68.3 cm³/mol. The second-order valence-corrected chi connectivity index (χ2v) is 5.53. The zero-order valence-electron chi connectivity index (χ0n) is 10.6. The van der Waals surface area contributed by atoms with Crippen molar-refractivity contribution in [1.29, 1.82) is 0 Å². The zero-order chi connectivity index (χ0) is 13.8. The van der Waals surface area contributed by atoms with E-state index in [4.69, 9.17) is 9.05 Å². The number of para-hydroxylation sites is 1. The van der Waals surface area contributed by atoms with Gasteiger partial charge in [0, 0.05) is 5.56 Å². The van der Waals surface area contributed by atoms with Gasteiger partial charge in [-0.25, -0.2) is 0 Å². The van der Waals surface area contributed by atoms with Gasteiger partial charge in [0.25, 0.3) is 5.69 Å². The van der Waals surface area contributed by atoms with E-state index >= 15 is 0 Å². The molecule has 0 N–H and O–H groups in total. The van der Waals surface area contributed by atoms with E-state index in [1.807, 2.05) is 0 Å². The summed E-state index contributed by atoms with van der Waals surface area (Å²) in [6.45, 7) is 5.22. The highest BCUT2D eigenvalue weighted by molar-refractivity contribution is 7.62. The van der Waals surface area contributed by atoms with Gasteiger partial charge in [0.2, 0.25) is 0 Å². The van der Waals surface area contributed by atoms with Crippen molar-refractivity contribution in [3.8, 4) is 0 Å². The third kappa shape index (κ3) is 2.96. The summed E-state index contributed by atoms with van der Waals surface area (Å²) in [5, 5.41) is 11.1. The van der Waals surface area contributed by atoms with E-state index in [0.717, 1.165) is 0 Å². The van der Waals surface area contributed by atoms with Crippen LogP contribution in [0.4, 0.5) is 5.69 Å². The molecule has 1 aromatic carbocycles. The lowest BCUT2D eigenvalue weighted by Crippen LogP contribution is -2.16. The van der Waals surface area contributed by atoms with Crippen molar-refractivity contribution in [1.82, 2.24) is 0 Å². The van der Waals surface area contributed by atoms with Crippen molar-refractivity contribution in [2.45, 2.75) is 20.8 Å². The maximum atomic E-state index is 12.5. The molecule has 0 aliphatic rings. The van der Waals surface area contributed by atoms with E-state index in [1.54, 1.807) is 32.9 Å². The van der Waals surface area contributed by atoms with Crippen LogP contribution in [0.1, 0.15) is 19.4 Å². The Hall–Kier alpha value is -1.23. The summed E-state index contributed by atoms with van der Waals surface area (Å²) in [7, 11) is -3.63. The SMILES string of the molecule is CCOP(=O)(OCC)c1cccc(C)c1[N+](=O)[O-]. The first-order chi connectivity index (χ1) is 8.46. The van der Waals surface area contributed by atoms with Crippen LogP contribution in [-0.4, -0.2) is 18.1 Å². The summed E-state index contributed by atoms with van der Waals surface area (Å²) in [5.41, 5.74) is 0.222. The Morgan fingerprint density at radius 3 is 2.28 bits per heavy atom. The topological polar surface area (TPSA) is 78.7 Å². The summed E-state index contributed by atoms with van der Waals surface area (Å²) in [6, 6.07) is 4.60. The van der Waals surface area contributed by atoms with Gasteiger partial charge in [-0.2, -0.15) is 0 Å². The van der Waals surface area contributed by atoms with Gasteiger partial charge >= 0.3 is 7.60 Å². The van der Waals surface area contributed by atoms with E-state index in [1.165, 1.54) is 6.07 Å². The van der Waals surface area contributed by atoms with Crippen LogP contribution in [0.2, 0.25) is 0 Å². The molecule has 0 atom stereocenters. The van der Waals surface area contributed by atoms with Gasteiger partial charge in [-0.15, -0.1) is 0 Å². The van der Waals surface area contributed by atoms with Crippen molar-refractivity contribution in [3.05, 3.63) is 33.9 Å². The van der Waals surface area contributed by atoms with Crippen LogP contribution in [0.15, 0.2) is 18.2 Å². The van der Waals surface area contributed by atoms with E-state index in [2.05, 4.69) is 0 Å². The maximum absolute atomic E-state index is 12.5. The highest BCUT2D eigenvalue weighted by atomic mass is 31.2. The summed E-state index contributed by atoms with van der Waals surface area (Å²) in [6.07, 6.45) is 0. The van der Waals surface area contributed by atoms with Crippen molar-refractivity contribution in [2.24, 2.45) is 0 Å². The predicted octanol–water partition coefficient (Wildman–Crippen LogP) is 2.79. The first kappa shape index (κ1) is 14.8. The number of hydrogen-bond donors (Lipinski definition) is 0. The largest absolute Gasteiger partial charge is 0.368 e. The van der Waals surface area contributed by atoms with Crippen molar-refractivity contribution in [3.63, 3.8) is 0 Å². The molecule has 0 aromatic heterocycles. The molecule has 0 saturated carbocycles. The third-order valence-corrected chi connectivity index (χ3v) is 4.44. The molecule has 0 radical (unpaired) electrons. The second-order valence-electron chi connectivity index (χ2n) is 3.53. The Morgan fingerprint density at radius 2 is 1.83 bits per heavy atom. The molecule has 0 aliphatic carbocycles. The van der Waals surface area contributed by atoms with Crippen molar-refractivity contribution < 1.29 is 18.5 Å². The Morgan fingerprint density at radius 1 is 1.28 bits per heavy atom. The lowest BCUT2D eigenvalue weighted by atomic mass is 10.2. The average molecular weight is 273 g/mol. The molecule has 18 heavy (non-hydrogen) atoms. The van der Waals surface area contributed by atoms with Crippen LogP contribution in [0.3, 0.4) is 0 Å². The smallest absolute Gasteiger partial charge is 0.305 e. The minimum atomic E-state index is -3.63. The van der Waals surface area contributed by atoms with Crippen LogP contribution >= 0.6 is 7.60 Å². The Balaban J connectivity index is 3.41. The lowest BCUT2D eigenvalue weighted by molar-refractivity contribution is -0.384. The molecule has 0 aliphatic heterocycles. The first-order valence-corrected chi connectivity index (χ1v) is 7.14. The first-order valence-electron chi connectivity index (χ1n) is 5.60. The van der Waals surface area contributed by atoms with Crippen LogP contribution in [0, 0.1) is 17.0 Å². The lowest BCUT2D eigenvalue weighted by Gasteiger charge is -2.17. The summed E-state index contributed by atoms with van der Waals surface area (Å²) < 4.78 is 22.8. The van der Waals surface area contributed by atoms with Crippen molar-refractivity contribution in [2.75, 3.05) is 13.2 Å². The molecule has 0 bridgehead atoms. The monoisotopic (exact) mass is 273 g/mol. The molecule has 0 unspecified atom stereocenters. The Kier molecular flexibility index (Phi) is 5.02. The summed E-state index contributed by atoms with van der Waals surface area (Å²) >= 11 is 0. The highest BCUT2D eigenvalue weighted by Gasteiger charge is 2.35. The molecule has 0 heterocycles. The van der Waals surface area contributed by atoms with Crippen LogP contribution in [0.5, 0.6) is 0 Å². The average Bonchev–Trinajstić information content (AvgIpc) is 2.28. The molecule has 6 nitrogen and oxygen atoms in total. The standard InChI is InChI=1S/C11H16NO5P/c1-4-16-18(15,17-5-2)10-8-6-7-9(3)11(10)12(13)14/h6-8H,4-5H2,1-3H3. The summed E-state index contributed by atoms with van der Waals surface area (Å²) in [4.78, 5) is 10.5. The molecule has 0 saturated heterocycles. The molecule has 100 valence electrons. The van der Waals surface area contributed by atoms with Gasteiger partial charge in [-0.1, -0.05) is 12.1 Å². The van der Waals surface area contributed by atoms with Crippen LogP contribution in [-0.2, 0) is 13.6 Å². The number of rotatable bonds is 6. The number of aryl methyl sites for hydroxylation is 1. The van der Waals surface area contributed by atoms with Crippen molar-refractivity contribution >= 4 is 18.6 Å². The minimum Gasteiger partial charge on any atom is -0.305 e. The van der Waals surface area contributed by atoms with E-state index < -0.39 is 12.5 Å². The number of nitrogens with zero attached hydrogens (tertiary/aromatic N) is 1. The van der Waals surface area contributed by atoms with Crippen LogP contribution < -0.4 is 5.30 Å². The van der Waals surface area contributed by atoms with E-state index in [-0.39, 0.29) is 24.2 Å². The highest BCUT2D eigenvalue weighted by Crippen LogP contribution is 2.49. The van der Waals surface area contributed by atoms with Gasteiger partial charge in [-0.3, -0.25) is 14.7 Å². The molecular weight excluding hydrogens is 257 g/mol. The molecule has 1 aromatic rings. The molecular formula is C11H16NO5P.